The van der Waals surface area contributed by atoms with E-state index in [9.17, 15) is 9.59 Å². The van der Waals surface area contributed by atoms with Crippen LogP contribution in [0.3, 0.4) is 0 Å². The van der Waals surface area contributed by atoms with E-state index < -0.39 is 0 Å². The summed E-state index contributed by atoms with van der Waals surface area (Å²) in [6.07, 6.45) is 4.91. The van der Waals surface area contributed by atoms with Crippen molar-refractivity contribution in [3.63, 3.8) is 0 Å². The first-order valence-corrected chi connectivity index (χ1v) is 10.4. The molecule has 0 bridgehead atoms. The molecule has 2 aromatic rings. The molecule has 0 spiro atoms. The smallest absolute Gasteiger partial charge is 0.255 e. The molecule has 2 aliphatic heterocycles. The molecule has 4 rings (SSSR count). The third-order valence-electron chi connectivity index (χ3n) is 6.01. The first kappa shape index (κ1) is 18.7. The lowest BCUT2D eigenvalue weighted by atomic mass is 10.00. The van der Waals surface area contributed by atoms with E-state index >= 15 is 0 Å². The van der Waals surface area contributed by atoms with Gasteiger partial charge >= 0.3 is 0 Å². The standard InChI is InChI=1S/C24H28N2O2/c1-18-10-12-19(13-11-18)22(16-23(27)25-14-6-2-3-7-15-25)26-17-20-8-4-5-9-21(20)24(26)28/h4-5,8-13,22H,2-3,6-7,14-17H2,1H3/t22-/m1/s1. The minimum atomic E-state index is -0.226. The molecular weight excluding hydrogens is 348 g/mol. The highest BCUT2D eigenvalue weighted by molar-refractivity contribution is 5.98. The number of amides is 2. The van der Waals surface area contributed by atoms with Crippen molar-refractivity contribution >= 4 is 11.8 Å². The number of hydrogen-bond acceptors (Lipinski definition) is 2. The van der Waals surface area contributed by atoms with E-state index in [-0.39, 0.29) is 17.9 Å². The lowest BCUT2D eigenvalue weighted by molar-refractivity contribution is -0.132. The molecule has 1 atom stereocenters. The normalized spacial score (nSPS) is 18.0. The summed E-state index contributed by atoms with van der Waals surface area (Å²) in [7, 11) is 0. The zero-order valence-corrected chi connectivity index (χ0v) is 16.6. The Morgan fingerprint density at radius 2 is 1.64 bits per heavy atom. The fourth-order valence-electron chi connectivity index (χ4n) is 4.34. The van der Waals surface area contributed by atoms with Gasteiger partial charge in [0.05, 0.1) is 12.5 Å². The van der Waals surface area contributed by atoms with Crippen LogP contribution in [0.15, 0.2) is 48.5 Å². The highest BCUT2D eigenvalue weighted by Crippen LogP contribution is 2.34. The second-order valence-corrected chi connectivity index (χ2v) is 8.02. The van der Waals surface area contributed by atoms with Gasteiger partial charge in [0, 0.05) is 25.2 Å². The molecule has 0 saturated carbocycles. The van der Waals surface area contributed by atoms with Gasteiger partial charge in [-0.2, -0.15) is 0 Å². The monoisotopic (exact) mass is 376 g/mol. The number of carbonyl (C=O) groups excluding carboxylic acids is 2. The number of rotatable bonds is 4. The lowest BCUT2D eigenvalue weighted by Gasteiger charge is -2.30. The molecule has 1 saturated heterocycles. The summed E-state index contributed by atoms with van der Waals surface area (Å²) < 4.78 is 0. The maximum Gasteiger partial charge on any atom is 0.255 e. The van der Waals surface area contributed by atoms with Gasteiger partial charge in [0.25, 0.3) is 5.91 Å². The second-order valence-electron chi connectivity index (χ2n) is 8.02. The maximum atomic E-state index is 13.1. The molecule has 0 radical (unpaired) electrons. The van der Waals surface area contributed by atoms with Crippen LogP contribution in [0.4, 0.5) is 0 Å². The molecule has 0 unspecified atom stereocenters. The summed E-state index contributed by atoms with van der Waals surface area (Å²) in [6.45, 7) is 4.31. The zero-order chi connectivity index (χ0) is 19.5. The fraction of sp³-hybridized carbons (Fsp3) is 0.417. The SMILES string of the molecule is Cc1ccc([C@@H](CC(=O)N2CCCCCC2)N2Cc3ccccc3C2=O)cc1. The molecule has 2 aromatic carbocycles. The Kier molecular flexibility index (Phi) is 5.47. The molecule has 4 heteroatoms. The zero-order valence-electron chi connectivity index (χ0n) is 16.6. The van der Waals surface area contributed by atoms with Crippen molar-refractivity contribution in [3.8, 4) is 0 Å². The average Bonchev–Trinajstić information content (AvgIpc) is 2.88. The van der Waals surface area contributed by atoms with Gasteiger partial charge in [-0.05, 0) is 37.0 Å². The Bertz CT molecular complexity index is 851. The van der Waals surface area contributed by atoms with Crippen LogP contribution in [0.1, 0.15) is 65.2 Å². The van der Waals surface area contributed by atoms with Gasteiger partial charge in [0.2, 0.25) is 5.91 Å². The number of nitrogens with zero attached hydrogens (tertiary/aromatic N) is 2. The molecule has 0 aromatic heterocycles. The summed E-state index contributed by atoms with van der Waals surface area (Å²) >= 11 is 0. The third kappa shape index (κ3) is 3.82. The molecule has 2 amide bonds. The molecule has 146 valence electrons. The van der Waals surface area contributed by atoms with Crippen LogP contribution in [0.5, 0.6) is 0 Å². The van der Waals surface area contributed by atoms with E-state index in [1.54, 1.807) is 0 Å². The van der Waals surface area contributed by atoms with Crippen molar-refractivity contribution in [2.45, 2.75) is 51.6 Å². The van der Waals surface area contributed by atoms with Gasteiger partial charge in [-0.15, -0.1) is 0 Å². The predicted molar refractivity (Wildman–Crippen MR) is 110 cm³/mol. The van der Waals surface area contributed by atoms with Crippen molar-refractivity contribution in [1.29, 1.82) is 0 Å². The molecule has 2 aliphatic rings. The quantitative estimate of drug-likeness (QED) is 0.789. The molecule has 1 fully saturated rings. The van der Waals surface area contributed by atoms with E-state index in [0.717, 1.165) is 42.6 Å². The molecule has 2 heterocycles. The molecular formula is C24H28N2O2. The van der Waals surface area contributed by atoms with Gasteiger partial charge < -0.3 is 9.80 Å². The molecule has 0 aliphatic carbocycles. The van der Waals surface area contributed by atoms with Crippen LogP contribution in [0.25, 0.3) is 0 Å². The molecule has 28 heavy (non-hydrogen) atoms. The Morgan fingerprint density at radius 1 is 0.964 bits per heavy atom. The number of carbonyl (C=O) groups is 2. The average molecular weight is 376 g/mol. The van der Waals surface area contributed by atoms with Crippen LogP contribution >= 0.6 is 0 Å². The van der Waals surface area contributed by atoms with E-state index in [2.05, 4.69) is 31.2 Å². The number of aryl methyl sites for hydroxylation is 1. The highest BCUT2D eigenvalue weighted by Gasteiger charge is 2.35. The highest BCUT2D eigenvalue weighted by atomic mass is 16.2. The van der Waals surface area contributed by atoms with Gasteiger partial charge in [-0.25, -0.2) is 0 Å². The van der Waals surface area contributed by atoms with Gasteiger partial charge in [-0.3, -0.25) is 9.59 Å². The first-order valence-electron chi connectivity index (χ1n) is 10.4. The van der Waals surface area contributed by atoms with Crippen LogP contribution in [0, 0.1) is 6.92 Å². The largest absolute Gasteiger partial charge is 0.343 e. The third-order valence-corrected chi connectivity index (χ3v) is 6.01. The van der Waals surface area contributed by atoms with Crippen molar-refractivity contribution in [2.24, 2.45) is 0 Å². The summed E-state index contributed by atoms with van der Waals surface area (Å²) in [6, 6.07) is 15.8. The van der Waals surface area contributed by atoms with E-state index in [4.69, 9.17) is 0 Å². The molecule has 4 nitrogen and oxygen atoms in total. The summed E-state index contributed by atoms with van der Waals surface area (Å²) in [4.78, 5) is 30.1. The van der Waals surface area contributed by atoms with Crippen LogP contribution in [-0.4, -0.2) is 34.7 Å². The number of fused-ring (bicyclic) bond motifs is 1. The summed E-state index contributed by atoms with van der Waals surface area (Å²) in [5.74, 6) is 0.195. The van der Waals surface area contributed by atoms with E-state index in [0.29, 0.717) is 13.0 Å². The number of benzene rings is 2. The minimum absolute atomic E-state index is 0.0323. The van der Waals surface area contributed by atoms with Crippen molar-refractivity contribution in [2.75, 3.05) is 13.1 Å². The van der Waals surface area contributed by atoms with Crippen molar-refractivity contribution in [1.82, 2.24) is 9.80 Å². The van der Waals surface area contributed by atoms with Gasteiger partial charge in [0.1, 0.15) is 0 Å². The van der Waals surface area contributed by atoms with E-state index in [1.807, 2.05) is 34.1 Å². The molecule has 0 N–H and O–H groups in total. The van der Waals surface area contributed by atoms with Crippen molar-refractivity contribution < 1.29 is 9.59 Å². The second kappa shape index (κ2) is 8.17. The van der Waals surface area contributed by atoms with Crippen LogP contribution < -0.4 is 0 Å². The first-order chi connectivity index (χ1) is 13.6. The number of likely N-dealkylation sites (tertiary alicyclic amines) is 1. The Hall–Kier alpha value is -2.62. The van der Waals surface area contributed by atoms with Crippen molar-refractivity contribution in [3.05, 3.63) is 70.8 Å². The van der Waals surface area contributed by atoms with Gasteiger partial charge in [-0.1, -0.05) is 60.9 Å². The van der Waals surface area contributed by atoms with Crippen LogP contribution in [-0.2, 0) is 11.3 Å². The van der Waals surface area contributed by atoms with Crippen LogP contribution in [0.2, 0.25) is 0 Å². The fourth-order valence-corrected chi connectivity index (χ4v) is 4.34. The Labute approximate surface area is 167 Å². The number of hydrogen-bond donors (Lipinski definition) is 0. The minimum Gasteiger partial charge on any atom is -0.343 e. The lowest BCUT2D eigenvalue weighted by Crippen LogP contribution is -2.37. The summed E-state index contributed by atoms with van der Waals surface area (Å²) in [5.41, 5.74) is 4.03. The Balaban J connectivity index is 1.60. The van der Waals surface area contributed by atoms with E-state index in [1.165, 1.54) is 18.4 Å². The summed E-state index contributed by atoms with van der Waals surface area (Å²) in [5, 5.41) is 0. The Morgan fingerprint density at radius 3 is 2.32 bits per heavy atom. The topological polar surface area (TPSA) is 40.6 Å². The maximum absolute atomic E-state index is 13.1. The van der Waals surface area contributed by atoms with Gasteiger partial charge in [0.15, 0.2) is 0 Å². The predicted octanol–water partition coefficient (Wildman–Crippen LogP) is 4.48.